The maximum Gasteiger partial charge on any atom is 0.324 e. The first-order chi connectivity index (χ1) is 6.40. The fourth-order valence-corrected chi connectivity index (χ4v) is 1.07. The van der Waals surface area contributed by atoms with Crippen molar-refractivity contribution in [3.8, 4) is 0 Å². The van der Waals surface area contributed by atoms with Gasteiger partial charge in [-0.05, 0) is 27.7 Å². The van der Waals surface area contributed by atoms with Gasteiger partial charge in [0.2, 0.25) is 5.91 Å². The fraction of sp³-hybridized carbons (Fsp3) is 0.778. The topological polar surface area (TPSA) is 49.4 Å². The summed E-state index contributed by atoms with van der Waals surface area (Å²) in [6.45, 7) is 7.72. The van der Waals surface area contributed by atoms with Crippen LogP contribution in [0.4, 0.5) is 4.79 Å². The van der Waals surface area contributed by atoms with Gasteiger partial charge in [-0.2, -0.15) is 0 Å². The van der Waals surface area contributed by atoms with Crippen LogP contribution in [-0.2, 0) is 4.79 Å². The molecule has 0 aliphatic carbocycles. The minimum Gasteiger partial charge on any atom is -0.322 e. The number of alkyl halides is 1. The van der Waals surface area contributed by atoms with Crippen molar-refractivity contribution in [3.63, 3.8) is 0 Å². The minimum atomic E-state index is -0.690. The van der Waals surface area contributed by atoms with E-state index in [2.05, 4.69) is 5.32 Å². The van der Waals surface area contributed by atoms with Crippen LogP contribution < -0.4 is 5.32 Å². The first-order valence-electron chi connectivity index (χ1n) is 4.65. The largest absolute Gasteiger partial charge is 0.324 e. The molecule has 1 unspecified atom stereocenters. The van der Waals surface area contributed by atoms with Gasteiger partial charge in [0.1, 0.15) is 5.38 Å². The van der Waals surface area contributed by atoms with E-state index in [0.29, 0.717) is 6.54 Å². The molecule has 82 valence electrons. The zero-order chi connectivity index (χ0) is 11.3. The summed E-state index contributed by atoms with van der Waals surface area (Å²) in [6, 6.07) is -0.321. The third-order valence-electron chi connectivity index (χ3n) is 1.82. The summed E-state index contributed by atoms with van der Waals surface area (Å²) >= 11 is 5.52. The number of hydrogen-bond acceptors (Lipinski definition) is 2. The summed E-state index contributed by atoms with van der Waals surface area (Å²) in [7, 11) is 0. The highest BCUT2D eigenvalue weighted by Crippen LogP contribution is 1.99. The average molecular weight is 221 g/mol. The van der Waals surface area contributed by atoms with E-state index >= 15 is 0 Å². The number of amides is 3. The van der Waals surface area contributed by atoms with Gasteiger partial charge in [-0.1, -0.05) is 0 Å². The monoisotopic (exact) mass is 220 g/mol. The second kappa shape index (κ2) is 5.86. The van der Waals surface area contributed by atoms with Crippen LogP contribution in [0.2, 0.25) is 0 Å². The van der Waals surface area contributed by atoms with Crippen LogP contribution in [0.25, 0.3) is 0 Å². The number of carbonyl (C=O) groups excluding carboxylic acids is 2. The quantitative estimate of drug-likeness (QED) is 0.735. The molecule has 1 atom stereocenters. The van der Waals surface area contributed by atoms with Crippen LogP contribution in [0.1, 0.15) is 27.7 Å². The lowest BCUT2D eigenvalue weighted by molar-refractivity contribution is -0.119. The summed E-state index contributed by atoms with van der Waals surface area (Å²) in [6.07, 6.45) is 0. The number of rotatable bonds is 3. The van der Waals surface area contributed by atoms with Gasteiger partial charge in [-0.25, -0.2) is 4.79 Å². The number of hydrogen-bond donors (Lipinski definition) is 1. The predicted octanol–water partition coefficient (Wildman–Crippen LogP) is 1.58. The zero-order valence-electron chi connectivity index (χ0n) is 9.00. The maximum absolute atomic E-state index is 11.5. The molecule has 0 fully saturated rings. The second-order valence-electron chi connectivity index (χ2n) is 3.29. The van der Waals surface area contributed by atoms with E-state index in [1.54, 1.807) is 4.90 Å². The lowest BCUT2D eigenvalue weighted by atomic mass is 10.3. The lowest BCUT2D eigenvalue weighted by Gasteiger charge is -2.25. The Labute approximate surface area is 89.6 Å². The third kappa shape index (κ3) is 3.96. The number of nitrogens with zero attached hydrogens (tertiary/aromatic N) is 1. The summed E-state index contributed by atoms with van der Waals surface area (Å²) < 4.78 is 0. The van der Waals surface area contributed by atoms with Crippen molar-refractivity contribution in [2.75, 3.05) is 6.54 Å². The van der Waals surface area contributed by atoms with Gasteiger partial charge in [-0.3, -0.25) is 10.1 Å². The molecule has 0 aromatic carbocycles. The van der Waals surface area contributed by atoms with Crippen LogP contribution in [0.15, 0.2) is 0 Å². The Morgan fingerprint density at radius 3 is 2.14 bits per heavy atom. The molecule has 4 nitrogen and oxygen atoms in total. The van der Waals surface area contributed by atoms with E-state index in [1.807, 2.05) is 20.8 Å². The highest BCUT2D eigenvalue weighted by Gasteiger charge is 2.19. The SMILES string of the molecule is CCN(C(=O)NC(=O)C(C)Cl)C(C)C. The normalized spacial score (nSPS) is 12.4. The van der Waals surface area contributed by atoms with E-state index in [4.69, 9.17) is 11.6 Å². The van der Waals surface area contributed by atoms with Gasteiger partial charge in [-0.15, -0.1) is 11.6 Å². The predicted molar refractivity (Wildman–Crippen MR) is 56.4 cm³/mol. The van der Waals surface area contributed by atoms with Crippen molar-refractivity contribution in [2.24, 2.45) is 0 Å². The first-order valence-corrected chi connectivity index (χ1v) is 5.09. The molecule has 0 aromatic heterocycles. The molecule has 0 rings (SSSR count). The van der Waals surface area contributed by atoms with Crippen molar-refractivity contribution in [1.29, 1.82) is 0 Å². The molecule has 14 heavy (non-hydrogen) atoms. The molecule has 0 aromatic rings. The minimum absolute atomic E-state index is 0.0680. The van der Waals surface area contributed by atoms with Crippen LogP contribution in [0.3, 0.4) is 0 Å². The molecule has 0 heterocycles. The Bertz CT molecular complexity index is 217. The molecule has 0 bridgehead atoms. The Morgan fingerprint density at radius 1 is 1.36 bits per heavy atom. The summed E-state index contributed by atoms with van der Waals surface area (Å²) in [5.74, 6) is -0.462. The molecular formula is C9H17ClN2O2. The van der Waals surface area contributed by atoms with E-state index in [9.17, 15) is 9.59 Å². The van der Waals surface area contributed by atoms with Crippen LogP contribution in [-0.4, -0.2) is 34.8 Å². The highest BCUT2D eigenvalue weighted by atomic mass is 35.5. The smallest absolute Gasteiger partial charge is 0.322 e. The fourth-order valence-electron chi connectivity index (χ4n) is 1.02. The number of imide groups is 1. The van der Waals surface area contributed by atoms with Gasteiger partial charge in [0, 0.05) is 12.6 Å². The van der Waals surface area contributed by atoms with Gasteiger partial charge in [0.05, 0.1) is 0 Å². The molecule has 0 saturated carbocycles. The van der Waals surface area contributed by atoms with Crippen molar-refractivity contribution < 1.29 is 9.59 Å². The number of carbonyl (C=O) groups is 2. The Kier molecular flexibility index (Phi) is 5.53. The molecule has 0 saturated heterocycles. The molecule has 0 spiro atoms. The summed E-state index contributed by atoms with van der Waals surface area (Å²) in [5, 5.41) is 1.54. The van der Waals surface area contributed by atoms with Crippen LogP contribution in [0, 0.1) is 0 Å². The van der Waals surface area contributed by atoms with Gasteiger partial charge in [0.25, 0.3) is 0 Å². The van der Waals surface area contributed by atoms with Gasteiger partial charge >= 0.3 is 6.03 Å². The molecule has 0 aliphatic heterocycles. The second-order valence-corrected chi connectivity index (χ2v) is 3.94. The summed E-state index contributed by atoms with van der Waals surface area (Å²) in [5.41, 5.74) is 0. The van der Waals surface area contributed by atoms with Crippen LogP contribution in [0.5, 0.6) is 0 Å². The Morgan fingerprint density at radius 2 is 1.86 bits per heavy atom. The van der Waals surface area contributed by atoms with Crippen molar-refractivity contribution in [3.05, 3.63) is 0 Å². The molecule has 5 heteroatoms. The van der Waals surface area contributed by atoms with Crippen molar-refractivity contribution >= 4 is 23.5 Å². The molecule has 0 aliphatic rings. The molecular weight excluding hydrogens is 204 g/mol. The third-order valence-corrected chi connectivity index (χ3v) is 2.01. The Balaban J connectivity index is 4.25. The van der Waals surface area contributed by atoms with Crippen molar-refractivity contribution in [2.45, 2.75) is 39.1 Å². The van der Waals surface area contributed by atoms with Crippen LogP contribution >= 0.6 is 11.6 Å². The van der Waals surface area contributed by atoms with Gasteiger partial charge < -0.3 is 4.90 Å². The van der Waals surface area contributed by atoms with Gasteiger partial charge in [0.15, 0.2) is 0 Å². The van der Waals surface area contributed by atoms with E-state index in [0.717, 1.165) is 0 Å². The molecule has 1 N–H and O–H groups in total. The number of urea groups is 1. The molecule has 3 amide bonds. The number of nitrogens with one attached hydrogen (secondary N) is 1. The maximum atomic E-state index is 11.5. The zero-order valence-corrected chi connectivity index (χ0v) is 9.76. The van der Waals surface area contributed by atoms with E-state index in [1.165, 1.54) is 6.92 Å². The molecule has 0 radical (unpaired) electrons. The van der Waals surface area contributed by atoms with E-state index in [-0.39, 0.29) is 12.1 Å². The first kappa shape index (κ1) is 13.2. The highest BCUT2D eigenvalue weighted by molar-refractivity contribution is 6.31. The standard InChI is InChI=1S/C9H17ClN2O2/c1-5-12(6(2)3)9(14)11-8(13)7(4)10/h6-7H,5H2,1-4H3,(H,11,13,14). The number of halogens is 1. The lowest BCUT2D eigenvalue weighted by Crippen LogP contribution is -2.47. The summed E-state index contributed by atoms with van der Waals surface area (Å²) in [4.78, 5) is 24.1. The Hall–Kier alpha value is -0.770. The van der Waals surface area contributed by atoms with E-state index < -0.39 is 11.3 Å². The van der Waals surface area contributed by atoms with Crippen molar-refractivity contribution in [1.82, 2.24) is 10.2 Å². The average Bonchev–Trinajstić information content (AvgIpc) is 2.04.